The van der Waals surface area contributed by atoms with Crippen LogP contribution in [0.3, 0.4) is 0 Å². The fourth-order valence-corrected chi connectivity index (χ4v) is 4.14. The Hall–Kier alpha value is -2.50. The monoisotopic (exact) mass is 332 g/mol. The minimum Gasteiger partial charge on any atom is -0.387 e. The lowest BCUT2D eigenvalue weighted by Gasteiger charge is -2.34. The van der Waals surface area contributed by atoms with Crippen LogP contribution in [0.2, 0.25) is 0 Å². The average molecular weight is 332 g/mol. The molecule has 5 rings (SSSR count). The van der Waals surface area contributed by atoms with E-state index >= 15 is 0 Å². The minimum atomic E-state index is -0.417. The number of rotatable bonds is 2. The van der Waals surface area contributed by atoms with Gasteiger partial charge in [-0.25, -0.2) is 0 Å². The molecule has 0 spiro atoms. The van der Waals surface area contributed by atoms with E-state index in [1.807, 2.05) is 36.4 Å². The van der Waals surface area contributed by atoms with Gasteiger partial charge in [0.1, 0.15) is 5.82 Å². The number of benzene rings is 2. The molecule has 0 radical (unpaired) electrons. The molecular weight excluding hydrogens is 312 g/mol. The summed E-state index contributed by atoms with van der Waals surface area (Å²) in [4.78, 5) is 2.35. The van der Waals surface area contributed by atoms with E-state index in [1.54, 1.807) is 0 Å². The molecule has 2 unspecified atom stereocenters. The topological polar surface area (TPSA) is 54.2 Å². The highest BCUT2D eigenvalue weighted by molar-refractivity contribution is 5.55. The normalized spacial score (nSPS) is 22.6. The maximum absolute atomic E-state index is 10.7. The first kappa shape index (κ1) is 14.8. The molecule has 5 heteroatoms. The third-order valence-corrected chi connectivity index (χ3v) is 5.45. The third-order valence-electron chi connectivity index (χ3n) is 5.45. The quantitative estimate of drug-likeness (QED) is 0.783. The van der Waals surface area contributed by atoms with E-state index in [0.717, 1.165) is 48.8 Å². The van der Waals surface area contributed by atoms with Crippen LogP contribution >= 0.6 is 0 Å². The Bertz CT molecular complexity index is 905. The standard InChI is InChI=1S/C20H20N4O/c25-19-16-9-5-4-8-15(16)12-17(19)23-10-11-24-18(13-23)21-22-20(24)14-6-2-1-3-7-14/h1-9,17,19,25H,10-13H2. The first-order valence-electron chi connectivity index (χ1n) is 8.78. The number of aromatic nitrogens is 3. The van der Waals surface area contributed by atoms with Gasteiger partial charge in [0.15, 0.2) is 5.82 Å². The van der Waals surface area contributed by atoms with Gasteiger partial charge in [0.05, 0.1) is 12.6 Å². The van der Waals surface area contributed by atoms with Crippen molar-refractivity contribution in [3.63, 3.8) is 0 Å². The van der Waals surface area contributed by atoms with Gasteiger partial charge in [-0.1, -0.05) is 54.6 Å². The van der Waals surface area contributed by atoms with Crippen LogP contribution in [0.4, 0.5) is 0 Å². The Morgan fingerprint density at radius 3 is 2.56 bits per heavy atom. The van der Waals surface area contributed by atoms with Crippen LogP contribution in [-0.2, 0) is 19.5 Å². The Balaban J connectivity index is 1.40. The van der Waals surface area contributed by atoms with Gasteiger partial charge >= 0.3 is 0 Å². The van der Waals surface area contributed by atoms with Gasteiger partial charge < -0.3 is 9.67 Å². The molecule has 0 amide bonds. The molecule has 0 bridgehead atoms. The van der Waals surface area contributed by atoms with E-state index in [2.05, 4.69) is 37.9 Å². The van der Waals surface area contributed by atoms with Gasteiger partial charge in [-0.15, -0.1) is 10.2 Å². The van der Waals surface area contributed by atoms with Gasteiger partial charge in [0, 0.05) is 24.7 Å². The molecule has 1 aliphatic heterocycles. The van der Waals surface area contributed by atoms with Gasteiger partial charge in [0.2, 0.25) is 0 Å². The summed E-state index contributed by atoms with van der Waals surface area (Å²) in [6, 6.07) is 18.5. The highest BCUT2D eigenvalue weighted by atomic mass is 16.3. The van der Waals surface area contributed by atoms with E-state index in [9.17, 15) is 5.11 Å². The van der Waals surface area contributed by atoms with Crippen LogP contribution in [0.5, 0.6) is 0 Å². The predicted octanol–water partition coefficient (Wildman–Crippen LogP) is 2.42. The zero-order valence-corrected chi connectivity index (χ0v) is 13.9. The predicted molar refractivity (Wildman–Crippen MR) is 94.8 cm³/mol. The van der Waals surface area contributed by atoms with Crippen LogP contribution in [0.1, 0.15) is 23.1 Å². The molecule has 1 aromatic heterocycles. The van der Waals surface area contributed by atoms with Crippen LogP contribution < -0.4 is 0 Å². The molecule has 2 atom stereocenters. The molecule has 0 saturated heterocycles. The molecule has 126 valence electrons. The van der Waals surface area contributed by atoms with Crippen molar-refractivity contribution in [2.75, 3.05) is 6.54 Å². The third kappa shape index (κ3) is 2.39. The van der Waals surface area contributed by atoms with Crippen molar-refractivity contribution in [1.82, 2.24) is 19.7 Å². The van der Waals surface area contributed by atoms with Gasteiger partial charge in [-0.3, -0.25) is 4.90 Å². The van der Waals surface area contributed by atoms with Gasteiger partial charge in [0.25, 0.3) is 0 Å². The maximum Gasteiger partial charge on any atom is 0.164 e. The lowest BCUT2D eigenvalue weighted by molar-refractivity contribution is 0.0439. The molecule has 0 saturated carbocycles. The van der Waals surface area contributed by atoms with E-state index in [4.69, 9.17) is 0 Å². The van der Waals surface area contributed by atoms with Crippen molar-refractivity contribution in [2.24, 2.45) is 0 Å². The maximum atomic E-state index is 10.7. The fourth-order valence-electron chi connectivity index (χ4n) is 4.14. The summed E-state index contributed by atoms with van der Waals surface area (Å²) in [6.07, 6.45) is 0.482. The van der Waals surface area contributed by atoms with E-state index in [1.165, 1.54) is 5.56 Å². The van der Waals surface area contributed by atoms with Crippen molar-refractivity contribution in [2.45, 2.75) is 31.7 Å². The molecular formula is C20H20N4O. The van der Waals surface area contributed by atoms with E-state index in [0.29, 0.717) is 0 Å². The lowest BCUT2D eigenvalue weighted by atomic mass is 10.1. The smallest absolute Gasteiger partial charge is 0.164 e. The van der Waals surface area contributed by atoms with Crippen molar-refractivity contribution in [3.8, 4) is 11.4 Å². The van der Waals surface area contributed by atoms with Gasteiger partial charge in [-0.2, -0.15) is 0 Å². The molecule has 5 nitrogen and oxygen atoms in total. The largest absolute Gasteiger partial charge is 0.387 e. The second kappa shape index (κ2) is 5.79. The molecule has 25 heavy (non-hydrogen) atoms. The summed E-state index contributed by atoms with van der Waals surface area (Å²) in [5.41, 5.74) is 3.43. The molecule has 2 aliphatic rings. The van der Waals surface area contributed by atoms with Crippen LogP contribution in [-0.4, -0.2) is 37.4 Å². The number of hydrogen-bond acceptors (Lipinski definition) is 4. The summed E-state index contributed by atoms with van der Waals surface area (Å²) >= 11 is 0. The first-order chi connectivity index (χ1) is 12.3. The summed E-state index contributed by atoms with van der Waals surface area (Å²) in [7, 11) is 0. The zero-order valence-electron chi connectivity index (χ0n) is 13.9. The SMILES string of the molecule is OC1c2ccccc2CC1N1CCn2c(nnc2-c2ccccc2)C1. The average Bonchev–Trinajstić information content (AvgIpc) is 3.24. The van der Waals surface area contributed by atoms with Crippen molar-refractivity contribution in [1.29, 1.82) is 0 Å². The van der Waals surface area contributed by atoms with Crippen LogP contribution in [0.25, 0.3) is 11.4 Å². The number of aliphatic hydroxyl groups is 1. The van der Waals surface area contributed by atoms with E-state index in [-0.39, 0.29) is 6.04 Å². The van der Waals surface area contributed by atoms with E-state index < -0.39 is 6.10 Å². The lowest BCUT2D eigenvalue weighted by Crippen LogP contribution is -2.43. The summed E-state index contributed by atoms with van der Waals surface area (Å²) in [5.74, 6) is 1.92. The number of hydrogen-bond donors (Lipinski definition) is 1. The molecule has 3 aromatic rings. The highest BCUT2D eigenvalue weighted by Gasteiger charge is 2.37. The molecule has 1 N–H and O–H groups in total. The van der Waals surface area contributed by atoms with Crippen LogP contribution in [0.15, 0.2) is 54.6 Å². The van der Waals surface area contributed by atoms with Gasteiger partial charge in [-0.05, 0) is 17.5 Å². The summed E-state index contributed by atoms with van der Waals surface area (Å²) in [5, 5.41) is 19.6. The molecule has 2 aromatic carbocycles. The summed E-state index contributed by atoms with van der Waals surface area (Å²) < 4.78 is 2.21. The zero-order chi connectivity index (χ0) is 16.8. The molecule has 2 heterocycles. The second-order valence-corrected chi connectivity index (χ2v) is 6.84. The Morgan fingerprint density at radius 1 is 0.920 bits per heavy atom. The Kier molecular flexibility index (Phi) is 3.43. The number of nitrogens with zero attached hydrogens (tertiary/aromatic N) is 4. The Morgan fingerprint density at radius 2 is 1.72 bits per heavy atom. The second-order valence-electron chi connectivity index (χ2n) is 6.84. The van der Waals surface area contributed by atoms with Crippen molar-refractivity contribution >= 4 is 0 Å². The summed E-state index contributed by atoms with van der Waals surface area (Å²) in [6.45, 7) is 2.49. The molecule has 1 aliphatic carbocycles. The minimum absolute atomic E-state index is 0.128. The first-order valence-corrected chi connectivity index (χ1v) is 8.78. The van der Waals surface area contributed by atoms with Crippen molar-refractivity contribution < 1.29 is 5.11 Å². The Labute approximate surface area is 146 Å². The number of fused-ring (bicyclic) bond motifs is 2. The molecule has 0 fully saturated rings. The highest BCUT2D eigenvalue weighted by Crippen LogP contribution is 2.36. The van der Waals surface area contributed by atoms with Crippen LogP contribution in [0, 0.1) is 0 Å². The number of aliphatic hydroxyl groups excluding tert-OH is 1. The fraction of sp³-hybridized carbons (Fsp3) is 0.300. The van der Waals surface area contributed by atoms with Crippen molar-refractivity contribution in [3.05, 3.63) is 71.5 Å².